The standard InChI is InChI=1S/C15H12N/c1-11-9-10-16-15(11)14-8-4-6-12-5-2-3-7-13(12)14/h2-10H,1H3. The van der Waals surface area contributed by atoms with Crippen LogP contribution >= 0.6 is 0 Å². The van der Waals surface area contributed by atoms with Crippen molar-refractivity contribution in [3.8, 4) is 0 Å². The molecule has 0 saturated carbocycles. The van der Waals surface area contributed by atoms with Crippen LogP contribution in [0.4, 0.5) is 0 Å². The highest BCUT2D eigenvalue weighted by Gasteiger charge is 2.11. The van der Waals surface area contributed by atoms with E-state index in [1.807, 2.05) is 6.20 Å². The summed E-state index contributed by atoms with van der Waals surface area (Å²) in [7, 11) is 0. The third-order valence-corrected chi connectivity index (χ3v) is 2.95. The van der Waals surface area contributed by atoms with Crippen molar-refractivity contribution < 1.29 is 0 Å². The molecule has 0 atom stereocenters. The van der Waals surface area contributed by atoms with Crippen molar-refractivity contribution in [2.45, 2.75) is 6.92 Å². The Labute approximate surface area is 95.1 Å². The van der Waals surface area contributed by atoms with Gasteiger partial charge in [-0.3, -0.25) is 5.32 Å². The summed E-state index contributed by atoms with van der Waals surface area (Å²) in [6, 6.07) is 14.8. The second-order valence-corrected chi connectivity index (χ2v) is 4.00. The molecule has 1 aliphatic heterocycles. The summed E-state index contributed by atoms with van der Waals surface area (Å²) in [6.45, 7) is 2.10. The van der Waals surface area contributed by atoms with Crippen LogP contribution in [0.25, 0.3) is 16.5 Å². The second kappa shape index (κ2) is 3.53. The van der Waals surface area contributed by atoms with E-state index in [0.29, 0.717) is 0 Å². The van der Waals surface area contributed by atoms with Gasteiger partial charge in [0.2, 0.25) is 0 Å². The molecule has 1 heteroatoms. The van der Waals surface area contributed by atoms with E-state index in [0.717, 1.165) is 5.70 Å². The summed E-state index contributed by atoms with van der Waals surface area (Å²) >= 11 is 0. The summed E-state index contributed by atoms with van der Waals surface area (Å²) in [5.41, 5.74) is 3.55. The number of nitrogens with zero attached hydrogens (tertiary/aromatic N) is 1. The van der Waals surface area contributed by atoms with Crippen LogP contribution in [0.3, 0.4) is 0 Å². The molecule has 0 N–H and O–H groups in total. The molecule has 16 heavy (non-hydrogen) atoms. The first kappa shape index (κ1) is 9.22. The maximum Gasteiger partial charge on any atom is 0.0737 e. The maximum atomic E-state index is 4.44. The van der Waals surface area contributed by atoms with Gasteiger partial charge in [0.05, 0.1) is 5.70 Å². The molecule has 0 unspecified atom stereocenters. The normalized spacial score (nSPS) is 14.6. The summed E-state index contributed by atoms with van der Waals surface area (Å²) in [6.07, 6.45) is 3.92. The molecule has 1 radical (unpaired) electrons. The molecular formula is C15H12N. The van der Waals surface area contributed by atoms with E-state index in [-0.39, 0.29) is 0 Å². The zero-order valence-corrected chi connectivity index (χ0v) is 9.14. The molecule has 0 bridgehead atoms. The Morgan fingerprint density at radius 3 is 2.56 bits per heavy atom. The summed E-state index contributed by atoms with van der Waals surface area (Å²) in [4.78, 5) is 0. The SMILES string of the molecule is CC1=C(c2cccc3ccccc23)[N]C=C1. The third-order valence-electron chi connectivity index (χ3n) is 2.95. The van der Waals surface area contributed by atoms with Crippen LogP contribution in [-0.4, -0.2) is 0 Å². The molecule has 77 valence electrons. The average molecular weight is 206 g/mol. The van der Waals surface area contributed by atoms with Crippen molar-refractivity contribution in [2.24, 2.45) is 0 Å². The lowest BCUT2D eigenvalue weighted by atomic mass is 10.0. The van der Waals surface area contributed by atoms with Gasteiger partial charge in [-0.25, -0.2) is 0 Å². The highest BCUT2D eigenvalue weighted by molar-refractivity contribution is 5.94. The Morgan fingerprint density at radius 2 is 1.75 bits per heavy atom. The van der Waals surface area contributed by atoms with Gasteiger partial charge >= 0.3 is 0 Å². The Hall–Kier alpha value is -2.02. The van der Waals surface area contributed by atoms with Crippen LogP contribution < -0.4 is 5.32 Å². The highest BCUT2D eigenvalue weighted by Crippen LogP contribution is 2.28. The maximum absolute atomic E-state index is 4.44. The van der Waals surface area contributed by atoms with Gasteiger partial charge < -0.3 is 0 Å². The van der Waals surface area contributed by atoms with Gasteiger partial charge in [0, 0.05) is 11.8 Å². The van der Waals surface area contributed by atoms with E-state index in [1.54, 1.807) is 0 Å². The molecule has 0 fully saturated rings. The predicted octanol–water partition coefficient (Wildman–Crippen LogP) is 3.70. The molecule has 2 aromatic carbocycles. The second-order valence-electron chi connectivity index (χ2n) is 4.00. The van der Waals surface area contributed by atoms with Crippen molar-refractivity contribution in [1.82, 2.24) is 5.32 Å². The third kappa shape index (κ3) is 1.33. The fourth-order valence-corrected chi connectivity index (χ4v) is 2.12. The Balaban J connectivity index is 2.29. The molecule has 3 rings (SSSR count). The first-order valence-electron chi connectivity index (χ1n) is 5.43. The summed E-state index contributed by atoms with van der Waals surface area (Å²) < 4.78 is 0. The average Bonchev–Trinajstić information content (AvgIpc) is 2.75. The molecule has 0 aromatic heterocycles. The van der Waals surface area contributed by atoms with Gasteiger partial charge in [-0.2, -0.15) is 0 Å². The molecule has 2 aromatic rings. The van der Waals surface area contributed by atoms with E-state index in [1.165, 1.54) is 21.9 Å². The fraction of sp³-hybridized carbons (Fsp3) is 0.0667. The van der Waals surface area contributed by atoms with Crippen molar-refractivity contribution in [3.63, 3.8) is 0 Å². The minimum absolute atomic E-state index is 1.09. The Kier molecular flexibility index (Phi) is 2.03. The lowest BCUT2D eigenvalue weighted by Crippen LogP contribution is -1.94. The van der Waals surface area contributed by atoms with Gasteiger partial charge in [0.1, 0.15) is 0 Å². The van der Waals surface area contributed by atoms with Crippen LogP contribution in [0.2, 0.25) is 0 Å². The molecular weight excluding hydrogens is 194 g/mol. The molecule has 1 heterocycles. The monoisotopic (exact) mass is 206 g/mol. The number of hydrogen-bond donors (Lipinski definition) is 0. The van der Waals surface area contributed by atoms with Gasteiger partial charge in [0.25, 0.3) is 0 Å². The lowest BCUT2D eigenvalue weighted by Gasteiger charge is -2.08. The largest absolute Gasteiger partial charge is 0.256 e. The zero-order valence-electron chi connectivity index (χ0n) is 9.14. The van der Waals surface area contributed by atoms with Crippen LogP contribution in [0.15, 0.2) is 60.3 Å². The first-order chi connectivity index (χ1) is 7.86. The van der Waals surface area contributed by atoms with Gasteiger partial charge in [0.15, 0.2) is 0 Å². The van der Waals surface area contributed by atoms with E-state index in [4.69, 9.17) is 0 Å². The molecule has 0 saturated heterocycles. The topological polar surface area (TPSA) is 14.1 Å². The predicted molar refractivity (Wildman–Crippen MR) is 67.8 cm³/mol. The van der Waals surface area contributed by atoms with E-state index in [9.17, 15) is 0 Å². The van der Waals surface area contributed by atoms with Crippen molar-refractivity contribution in [3.05, 3.63) is 65.9 Å². The Morgan fingerprint density at radius 1 is 0.938 bits per heavy atom. The molecule has 0 amide bonds. The van der Waals surface area contributed by atoms with Crippen LogP contribution in [0, 0.1) is 0 Å². The van der Waals surface area contributed by atoms with Gasteiger partial charge in [-0.1, -0.05) is 42.5 Å². The number of benzene rings is 2. The number of hydrogen-bond acceptors (Lipinski definition) is 0. The first-order valence-corrected chi connectivity index (χ1v) is 5.43. The lowest BCUT2D eigenvalue weighted by molar-refractivity contribution is 1.22. The minimum Gasteiger partial charge on any atom is -0.256 e. The number of rotatable bonds is 1. The van der Waals surface area contributed by atoms with Gasteiger partial charge in [-0.05, 0) is 29.3 Å². The van der Waals surface area contributed by atoms with E-state index < -0.39 is 0 Å². The van der Waals surface area contributed by atoms with E-state index in [2.05, 4.69) is 60.8 Å². The fourth-order valence-electron chi connectivity index (χ4n) is 2.12. The number of fused-ring (bicyclic) bond motifs is 1. The van der Waals surface area contributed by atoms with Gasteiger partial charge in [-0.15, -0.1) is 0 Å². The summed E-state index contributed by atoms with van der Waals surface area (Å²) in [5.74, 6) is 0. The molecule has 1 aliphatic rings. The van der Waals surface area contributed by atoms with Crippen LogP contribution in [0.5, 0.6) is 0 Å². The molecule has 0 spiro atoms. The summed E-state index contributed by atoms with van der Waals surface area (Å²) in [5, 5.41) is 6.97. The van der Waals surface area contributed by atoms with Crippen molar-refractivity contribution >= 4 is 16.5 Å². The molecule has 0 aliphatic carbocycles. The van der Waals surface area contributed by atoms with Crippen molar-refractivity contribution in [2.75, 3.05) is 0 Å². The smallest absolute Gasteiger partial charge is 0.0737 e. The highest BCUT2D eigenvalue weighted by atomic mass is 14.9. The molecule has 1 nitrogen and oxygen atoms in total. The Bertz CT molecular complexity index is 600. The van der Waals surface area contributed by atoms with Crippen LogP contribution in [0.1, 0.15) is 12.5 Å². The van der Waals surface area contributed by atoms with Crippen LogP contribution in [-0.2, 0) is 0 Å². The van der Waals surface area contributed by atoms with E-state index >= 15 is 0 Å². The zero-order chi connectivity index (χ0) is 11.0. The quantitative estimate of drug-likeness (QED) is 0.675. The number of allylic oxidation sites excluding steroid dienone is 2. The minimum atomic E-state index is 1.09. The van der Waals surface area contributed by atoms with Crippen molar-refractivity contribution in [1.29, 1.82) is 0 Å².